The number of carbonyl (C=O) groups is 4. The summed E-state index contributed by atoms with van der Waals surface area (Å²) in [5.41, 5.74) is -1.94. The molecule has 0 unspecified atom stereocenters. The first-order valence-electron chi connectivity index (χ1n) is 5.78. The van der Waals surface area contributed by atoms with E-state index in [-0.39, 0.29) is 11.0 Å². The zero-order chi connectivity index (χ0) is 16.6. The molecule has 10 heteroatoms. The van der Waals surface area contributed by atoms with Crippen molar-refractivity contribution in [2.45, 2.75) is 0 Å². The minimum Gasteiger partial charge on any atom is -0.478 e. The van der Waals surface area contributed by atoms with Crippen molar-refractivity contribution in [3.63, 3.8) is 0 Å². The number of fused-ring (bicyclic) bond motifs is 1. The average molecular weight is 340 g/mol. The zero-order valence-corrected chi connectivity index (χ0v) is 11.7. The van der Waals surface area contributed by atoms with Crippen molar-refractivity contribution < 1.29 is 50.6 Å². The molecule has 24 heavy (non-hydrogen) atoms. The Balaban J connectivity index is 0.00000264. The smallest absolute Gasteiger partial charge is 0.336 e. The maximum Gasteiger partial charge on any atom is 0.336 e. The molecular weight excluding hydrogens is 328 g/mol. The van der Waals surface area contributed by atoms with Crippen LogP contribution in [0.1, 0.15) is 41.4 Å². The molecule has 8 N–H and O–H groups in total. The Labute approximate surface area is 132 Å². The first-order valence-corrected chi connectivity index (χ1v) is 5.78. The molecule has 0 aromatic heterocycles. The Bertz CT molecular complexity index is 715. The summed E-state index contributed by atoms with van der Waals surface area (Å²) < 4.78 is 0. The van der Waals surface area contributed by atoms with Crippen LogP contribution in [0, 0.1) is 0 Å². The highest BCUT2D eigenvalue weighted by Crippen LogP contribution is 2.30. The van der Waals surface area contributed by atoms with Gasteiger partial charge in [0.25, 0.3) is 0 Å². The van der Waals surface area contributed by atoms with Gasteiger partial charge in [-0.1, -0.05) is 0 Å². The molecule has 0 saturated heterocycles. The SMILES string of the molecule is O.O.O=C(O)c1ccc(C(=O)O)c2c(C(=O)O)ccc(C(=O)O)c12. The van der Waals surface area contributed by atoms with E-state index in [1.165, 1.54) is 0 Å². The van der Waals surface area contributed by atoms with Gasteiger partial charge in [-0.05, 0) is 24.3 Å². The maximum atomic E-state index is 11.3. The standard InChI is InChI=1S/C14H8O8.2H2O/c15-11(16)5-1-2-6(12(17)18)10-8(14(21)22)4-3-7(9(5)10)13(19)20;;/h1-4H,(H,15,16)(H,17,18)(H,19,20)(H,21,22);2*1H2. The monoisotopic (exact) mass is 340 g/mol. The second kappa shape index (κ2) is 7.17. The summed E-state index contributed by atoms with van der Waals surface area (Å²) >= 11 is 0. The summed E-state index contributed by atoms with van der Waals surface area (Å²) in [6.07, 6.45) is 0. The highest BCUT2D eigenvalue weighted by molar-refractivity contribution is 6.21. The van der Waals surface area contributed by atoms with Crippen LogP contribution < -0.4 is 0 Å². The minimum absolute atomic E-state index is 0. The van der Waals surface area contributed by atoms with E-state index in [1.54, 1.807) is 0 Å². The van der Waals surface area contributed by atoms with E-state index in [2.05, 4.69) is 0 Å². The third-order valence-corrected chi connectivity index (χ3v) is 3.08. The Morgan fingerprint density at radius 3 is 0.792 bits per heavy atom. The first-order chi connectivity index (χ1) is 10.3. The van der Waals surface area contributed by atoms with Crippen LogP contribution in [0.15, 0.2) is 24.3 Å². The fraction of sp³-hybridized carbons (Fsp3) is 0. The van der Waals surface area contributed by atoms with Crippen LogP contribution in [-0.2, 0) is 0 Å². The summed E-state index contributed by atoms with van der Waals surface area (Å²) in [7, 11) is 0. The molecule has 0 aliphatic carbocycles. The van der Waals surface area contributed by atoms with Crippen LogP contribution in [-0.4, -0.2) is 55.3 Å². The van der Waals surface area contributed by atoms with E-state index < -0.39 is 56.9 Å². The van der Waals surface area contributed by atoms with Gasteiger partial charge in [0.15, 0.2) is 0 Å². The van der Waals surface area contributed by atoms with E-state index in [0.29, 0.717) is 0 Å². The van der Waals surface area contributed by atoms with Gasteiger partial charge in [0.05, 0.1) is 22.3 Å². The number of aromatic carboxylic acids is 4. The lowest BCUT2D eigenvalue weighted by Crippen LogP contribution is -2.11. The molecule has 0 fully saturated rings. The van der Waals surface area contributed by atoms with Crippen molar-refractivity contribution in [3.05, 3.63) is 46.5 Å². The Hall–Kier alpha value is -3.50. The van der Waals surface area contributed by atoms with Crippen LogP contribution >= 0.6 is 0 Å². The van der Waals surface area contributed by atoms with E-state index in [0.717, 1.165) is 24.3 Å². The predicted octanol–water partition coefficient (Wildman–Crippen LogP) is -0.0168. The van der Waals surface area contributed by atoms with Crippen molar-refractivity contribution in [2.75, 3.05) is 0 Å². The van der Waals surface area contributed by atoms with Gasteiger partial charge in [0.2, 0.25) is 0 Å². The van der Waals surface area contributed by atoms with Gasteiger partial charge in [-0.15, -0.1) is 0 Å². The van der Waals surface area contributed by atoms with Crippen LogP contribution in [0.25, 0.3) is 10.8 Å². The molecule has 0 aliphatic heterocycles. The highest BCUT2D eigenvalue weighted by Gasteiger charge is 2.24. The molecule has 0 bridgehead atoms. The molecule has 2 aromatic rings. The van der Waals surface area contributed by atoms with Crippen molar-refractivity contribution in [2.24, 2.45) is 0 Å². The molecule has 0 atom stereocenters. The summed E-state index contributed by atoms with van der Waals surface area (Å²) in [6, 6.07) is 3.75. The lowest BCUT2D eigenvalue weighted by molar-refractivity contribution is 0.0675. The van der Waals surface area contributed by atoms with Crippen molar-refractivity contribution in [3.8, 4) is 0 Å². The number of carboxylic acid groups (broad SMARTS) is 4. The largest absolute Gasteiger partial charge is 0.478 e. The maximum absolute atomic E-state index is 11.3. The quantitative estimate of drug-likeness (QED) is 0.592. The summed E-state index contributed by atoms with van der Waals surface area (Å²) in [4.78, 5) is 45.1. The lowest BCUT2D eigenvalue weighted by Gasteiger charge is -2.11. The van der Waals surface area contributed by atoms with Crippen LogP contribution in [0.3, 0.4) is 0 Å². The molecule has 2 aromatic carbocycles. The van der Waals surface area contributed by atoms with Gasteiger partial charge in [-0.25, -0.2) is 19.2 Å². The summed E-state index contributed by atoms with van der Waals surface area (Å²) in [5, 5.41) is 35.8. The van der Waals surface area contributed by atoms with E-state index in [4.69, 9.17) is 20.4 Å². The third kappa shape index (κ3) is 3.14. The number of rotatable bonds is 4. The Kier molecular flexibility index (Phi) is 6.13. The lowest BCUT2D eigenvalue weighted by atomic mass is 9.91. The fourth-order valence-electron chi connectivity index (χ4n) is 2.21. The van der Waals surface area contributed by atoms with Crippen molar-refractivity contribution in [1.82, 2.24) is 0 Å². The van der Waals surface area contributed by atoms with E-state index >= 15 is 0 Å². The number of benzene rings is 2. The first kappa shape index (κ1) is 20.5. The number of hydrogen-bond acceptors (Lipinski definition) is 4. The number of hydrogen-bond donors (Lipinski definition) is 4. The molecule has 128 valence electrons. The molecule has 0 amide bonds. The second-order valence-electron chi connectivity index (χ2n) is 4.29. The van der Waals surface area contributed by atoms with E-state index in [9.17, 15) is 19.2 Å². The fourth-order valence-corrected chi connectivity index (χ4v) is 2.21. The highest BCUT2D eigenvalue weighted by atomic mass is 16.4. The topological polar surface area (TPSA) is 212 Å². The van der Waals surface area contributed by atoms with Gasteiger partial charge in [0.1, 0.15) is 0 Å². The van der Waals surface area contributed by atoms with Gasteiger partial charge in [0, 0.05) is 10.8 Å². The third-order valence-electron chi connectivity index (χ3n) is 3.08. The molecule has 0 radical (unpaired) electrons. The van der Waals surface area contributed by atoms with Gasteiger partial charge >= 0.3 is 23.9 Å². The molecule has 0 saturated carbocycles. The van der Waals surface area contributed by atoms with Crippen LogP contribution in [0.4, 0.5) is 0 Å². The van der Waals surface area contributed by atoms with Crippen molar-refractivity contribution in [1.29, 1.82) is 0 Å². The Morgan fingerprint density at radius 1 is 0.500 bits per heavy atom. The minimum atomic E-state index is -1.49. The summed E-state index contributed by atoms with van der Waals surface area (Å²) in [5.74, 6) is -5.97. The number of carboxylic acids is 4. The summed E-state index contributed by atoms with van der Waals surface area (Å²) in [6.45, 7) is 0. The Morgan fingerprint density at radius 2 is 0.667 bits per heavy atom. The molecule has 0 heterocycles. The zero-order valence-electron chi connectivity index (χ0n) is 11.7. The molecule has 0 aliphatic rings. The van der Waals surface area contributed by atoms with Gasteiger partial charge in [-0.2, -0.15) is 0 Å². The molecule has 0 spiro atoms. The molecule has 10 nitrogen and oxygen atoms in total. The molecule has 2 rings (SSSR count). The predicted molar refractivity (Wildman–Crippen MR) is 79.0 cm³/mol. The molecular formula is C14H12O10. The van der Waals surface area contributed by atoms with Gasteiger partial charge in [-0.3, -0.25) is 0 Å². The van der Waals surface area contributed by atoms with Crippen LogP contribution in [0.5, 0.6) is 0 Å². The average Bonchev–Trinajstić information content (AvgIpc) is 2.43. The van der Waals surface area contributed by atoms with Crippen molar-refractivity contribution >= 4 is 34.6 Å². The normalized spacial score (nSPS) is 9.50. The second-order valence-corrected chi connectivity index (χ2v) is 4.29. The van der Waals surface area contributed by atoms with Gasteiger partial charge < -0.3 is 31.4 Å². The van der Waals surface area contributed by atoms with E-state index in [1.807, 2.05) is 0 Å². The van der Waals surface area contributed by atoms with Crippen LogP contribution in [0.2, 0.25) is 0 Å².